The van der Waals surface area contributed by atoms with Crippen LogP contribution in [0, 0.1) is 6.92 Å². The number of para-hydroxylation sites is 1. The van der Waals surface area contributed by atoms with Gasteiger partial charge in [-0.25, -0.2) is 0 Å². The number of aromatic nitrogens is 3. The zero-order valence-electron chi connectivity index (χ0n) is 14.3. The molecule has 26 heavy (non-hydrogen) atoms. The van der Waals surface area contributed by atoms with Gasteiger partial charge in [-0.05, 0) is 36.8 Å². The molecule has 6 nitrogen and oxygen atoms in total. The molecule has 0 saturated carbocycles. The van der Waals surface area contributed by atoms with Crippen LogP contribution in [-0.2, 0) is 4.79 Å². The van der Waals surface area contributed by atoms with Crippen LogP contribution in [0.3, 0.4) is 0 Å². The topological polar surface area (TPSA) is 69.0 Å². The Morgan fingerprint density at radius 1 is 1.31 bits per heavy atom. The molecule has 134 valence electrons. The van der Waals surface area contributed by atoms with Crippen molar-refractivity contribution in [3.8, 4) is 11.4 Å². The number of amides is 1. The van der Waals surface area contributed by atoms with Crippen molar-refractivity contribution in [2.45, 2.75) is 12.1 Å². The third-order valence-electron chi connectivity index (χ3n) is 3.66. The molecule has 1 amide bonds. The van der Waals surface area contributed by atoms with Gasteiger partial charge in [-0.1, -0.05) is 41.6 Å². The van der Waals surface area contributed by atoms with Crippen molar-refractivity contribution in [1.82, 2.24) is 14.8 Å². The molecule has 0 bridgehead atoms. The maximum Gasteiger partial charge on any atom is 0.234 e. The summed E-state index contributed by atoms with van der Waals surface area (Å²) in [7, 11) is 1.54. The van der Waals surface area contributed by atoms with Crippen LogP contribution in [0.5, 0.6) is 5.75 Å². The summed E-state index contributed by atoms with van der Waals surface area (Å²) in [5.74, 6) is 0.547. The molecule has 0 saturated heterocycles. The lowest BCUT2D eigenvalue weighted by atomic mass is 10.2. The van der Waals surface area contributed by atoms with E-state index >= 15 is 0 Å². The van der Waals surface area contributed by atoms with Crippen molar-refractivity contribution in [1.29, 1.82) is 0 Å². The standard InChI is InChI=1S/C18H17ClN4O2S/c1-12-5-3-4-6-15(12)23-11-20-22-18(23)26-10-17(24)21-14-9-13(19)7-8-16(14)25-2/h3-9,11H,10H2,1-2H3,(H,21,24). The third-order valence-corrected chi connectivity index (χ3v) is 4.84. The summed E-state index contributed by atoms with van der Waals surface area (Å²) in [5, 5.41) is 12.1. The number of ether oxygens (including phenoxy) is 1. The summed E-state index contributed by atoms with van der Waals surface area (Å²) >= 11 is 7.29. The fraction of sp³-hybridized carbons (Fsp3) is 0.167. The molecule has 0 fully saturated rings. The quantitative estimate of drug-likeness (QED) is 0.647. The number of aryl methyl sites for hydroxylation is 1. The minimum atomic E-state index is -0.185. The predicted molar refractivity (Wildman–Crippen MR) is 103 cm³/mol. The Bertz CT molecular complexity index is 929. The second-order valence-electron chi connectivity index (χ2n) is 5.45. The average Bonchev–Trinajstić information content (AvgIpc) is 3.09. The molecule has 8 heteroatoms. The Hall–Kier alpha value is -2.51. The number of carbonyl (C=O) groups excluding carboxylic acids is 1. The van der Waals surface area contributed by atoms with E-state index in [1.165, 1.54) is 18.9 Å². The zero-order valence-corrected chi connectivity index (χ0v) is 15.8. The van der Waals surface area contributed by atoms with Crippen LogP contribution in [0.25, 0.3) is 5.69 Å². The Kier molecular flexibility index (Phi) is 5.80. The Morgan fingerprint density at radius 3 is 2.88 bits per heavy atom. The maximum absolute atomic E-state index is 12.3. The molecule has 2 aromatic carbocycles. The van der Waals surface area contributed by atoms with E-state index in [4.69, 9.17) is 16.3 Å². The molecule has 0 aliphatic heterocycles. The monoisotopic (exact) mass is 388 g/mol. The van der Waals surface area contributed by atoms with E-state index in [0.29, 0.717) is 21.6 Å². The van der Waals surface area contributed by atoms with E-state index in [-0.39, 0.29) is 11.7 Å². The van der Waals surface area contributed by atoms with Crippen molar-refractivity contribution < 1.29 is 9.53 Å². The zero-order chi connectivity index (χ0) is 18.5. The Morgan fingerprint density at radius 2 is 2.12 bits per heavy atom. The number of anilines is 1. The number of hydrogen-bond donors (Lipinski definition) is 1. The summed E-state index contributed by atoms with van der Waals surface area (Å²) in [4.78, 5) is 12.3. The molecular weight excluding hydrogens is 372 g/mol. The van der Waals surface area contributed by atoms with E-state index in [9.17, 15) is 4.79 Å². The summed E-state index contributed by atoms with van der Waals surface area (Å²) in [5.41, 5.74) is 2.62. The van der Waals surface area contributed by atoms with Gasteiger partial charge in [0.1, 0.15) is 12.1 Å². The van der Waals surface area contributed by atoms with Crippen molar-refractivity contribution in [2.75, 3.05) is 18.2 Å². The number of thioether (sulfide) groups is 1. The number of nitrogens with one attached hydrogen (secondary N) is 1. The van der Waals surface area contributed by atoms with Crippen molar-refractivity contribution in [3.05, 3.63) is 59.4 Å². The molecule has 0 radical (unpaired) electrons. The maximum atomic E-state index is 12.3. The van der Waals surface area contributed by atoms with E-state index in [1.54, 1.807) is 24.5 Å². The minimum Gasteiger partial charge on any atom is -0.495 e. The van der Waals surface area contributed by atoms with Gasteiger partial charge in [-0.15, -0.1) is 10.2 Å². The lowest BCUT2D eigenvalue weighted by molar-refractivity contribution is -0.113. The van der Waals surface area contributed by atoms with Crippen LogP contribution in [0.15, 0.2) is 53.9 Å². The molecule has 1 N–H and O–H groups in total. The number of carbonyl (C=O) groups is 1. The Balaban J connectivity index is 1.69. The highest BCUT2D eigenvalue weighted by Gasteiger charge is 2.13. The number of hydrogen-bond acceptors (Lipinski definition) is 5. The van der Waals surface area contributed by atoms with E-state index < -0.39 is 0 Å². The van der Waals surface area contributed by atoms with Crippen molar-refractivity contribution in [3.63, 3.8) is 0 Å². The second-order valence-corrected chi connectivity index (χ2v) is 6.83. The van der Waals surface area contributed by atoms with E-state index in [0.717, 1.165) is 11.3 Å². The number of rotatable bonds is 6. The molecule has 0 atom stereocenters. The predicted octanol–water partition coefficient (Wildman–Crippen LogP) is 3.97. The largest absolute Gasteiger partial charge is 0.495 e. The summed E-state index contributed by atoms with van der Waals surface area (Å²) < 4.78 is 7.10. The lowest BCUT2D eigenvalue weighted by Crippen LogP contribution is -2.15. The molecular formula is C18H17ClN4O2S. The molecule has 0 aliphatic rings. The third kappa shape index (κ3) is 4.17. The summed E-state index contributed by atoms with van der Waals surface area (Å²) in [6, 6.07) is 13.0. The van der Waals surface area contributed by atoms with E-state index in [1.807, 2.05) is 35.8 Å². The van der Waals surface area contributed by atoms with Gasteiger partial charge < -0.3 is 10.1 Å². The first kappa shape index (κ1) is 18.3. The normalized spacial score (nSPS) is 10.6. The highest BCUT2D eigenvalue weighted by Crippen LogP contribution is 2.28. The Labute approximate surface area is 160 Å². The first-order chi connectivity index (χ1) is 12.6. The fourth-order valence-corrected chi connectivity index (χ4v) is 3.31. The van der Waals surface area contributed by atoms with Crippen LogP contribution in [0.4, 0.5) is 5.69 Å². The van der Waals surface area contributed by atoms with Gasteiger partial charge in [0.05, 0.1) is 24.2 Å². The molecule has 3 rings (SSSR count). The number of nitrogens with zero attached hydrogens (tertiary/aromatic N) is 3. The highest BCUT2D eigenvalue weighted by atomic mass is 35.5. The van der Waals surface area contributed by atoms with Gasteiger partial charge in [0.2, 0.25) is 5.91 Å². The molecule has 1 aromatic heterocycles. The first-order valence-corrected chi connectivity index (χ1v) is 9.17. The number of benzene rings is 2. The SMILES string of the molecule is COc1ccc(Cl)cc1NC(=O)CSc1nncn1-c1ccccc1C. The van der Waals surface area contributed by atoms with Gasteiger partial charge >= 0.3 is 0 Å². The van der Waals surface area contributed by atoms with Crippen LogP contribution in [0.2, 0.25) is 5.02 Å². The van der Waals surface area contributed by atoms with Crippen LogP contribution in [0.1, 0.15) is 5.56 Å². The lowest BCUT2D eigenvalue weighted by Gasteiger charge is -2.11. The summed E-state index contributed by atoms with van der Waals surface area (Å²) in [6.45, 7) is 2.02. The van der Waals surface area contributed by atoms with Gasteiger partial charge in [-0.3, -0.25) is 9.36 Å². The second kappa shape index (κ2) is 8.25. The molecule has 0 spiro atoms. The molecule has 3 aromatic rings. The van der Waals surface area contributed by atoms with Crippen molar-refractivity contribution in [2.24, 2.45) is 0 Å². The molecule has 1 heterocycles. The van der Waals surface area contributed by atoms with Crippen LogP contribution < -0.4 is 10.1 Å². The van der Waals surface area contributed by atoms with Crippen molar-refractivity contribution >= 4 is 35.0 Å². The molecule has 0 unspecified atom stereocenters. The number of methoxy groups -OCH3 is 1. The fourth-order valence-electron chi connectivity index (χ4n) is 2.42. The average molecular weight is 389 g/mol. The van der Waals surface area contributed by atoms with Gasteiger partial charge in [0.15, 0.2) is 5.16 Å². The minimum absolute atomic E-state index is 0.181. The first-order valence-electron chi connectivity index (χ1n) is 7.80. The van der Waals surface area contributed by atoms with Crippen LogP contribution in [-0.4, -0.2) is 33.5 Å². The van der Waals surface area contributed by atoms with Gasteiger partial charge in [0.25, 0.3) is 0 Å². The number of halogens is 1. The summed E-state index contributed by atoms with van der Waals surface area (Å²) in [6.07, 6.45) is 1.64. The van der Waals surface area contributed by atoms with E-state index in [2.05, 4.69) is 15.5 Å². The molecule has 0 aliphatic carbocycles. The van der Waals surface area contributed by atoms with Gasteiger partial charge in [-0.2, -0.15) is 0 Å². The van der Waals surface area contributed by atoms with Crippen LogP contribution >= 0.6 is 23.4 Å². The smallest absolute Gasteiger partial charge is 0.234 e. The highest BCUT2D eigenvalue weighted by molar-refractivity contribution is 7.99. The van der Waals surface area contributed by atoms with Gasteiger partial charge in [0, 0.05) is 5.02 Å².